The van der Waals surface area contributed by atoms with E-state index in [1.54, 1.807) is 11.3 Å². The number of aryl methyl sites for hydroxylation is 1. The van der Waals surface area contributed by atoms with E-state index in [-0.39, 0.29) is 0 Å². The van der Waals surface area contributed by atoms with Gasteiger partial charge >= 0.3 is 0 Å². The molecule has 14 heavy (non-hydrogen) atoms. The molecule has 0 N–H and O–H groups in total. The third-order valence-electron chi connectivity index (χ3n) is 1.95. The Hall–Kier alpha value is -0.320. The molecule has 0 aliphatic carbocycles. The molecular weight excluding hydrogens is 212 g/mol. The zero-order valence-corrected chi connectivity index (χ0v) is 10.3. The van der Waals surface area contributed by atoms with E-state index in [1.165, 1.54) is 4.88 Å². The third kappa shape index (κ3) is 3.82. The standard InChI is InChI=1S/C10H16N2S2/c1-9-10(14-8-11-9)7-12(2)5-3-4-6-13/h3-4,8,13H,5-7H2,1-2H3. The first kappa shape index (κ1) is 11.8. The van der Waals surface area contributed by atoms with Crippen LogP contribution >= 0.6 is 24.0 Å². The Morgan fingerprint density at radius 1 is 1.57 bits per heavy atom. The van der Waals surface area contributed by atoms with Crippen molar-refractivity contribution >= 4 is 24.0 Å². The molecule has 0 aromatic carbocycles. The Labute approximate surface area is 95.1 Å². The quantitative estimate of drug-likeness (QED) is 0.615. The molecule has 0 saturated heterocycles. The van der Waals surface area contributed by atoms with Gasteiger partial charge in [0.2, 0.25) is 0 Å². The van der Waals surface area contributed by atoms with E-state index in [0.717, 1.165) is 24.5 Å². The van der Waals surface area contributed by atoms with E-state index in [4.69, 9.17) is 0 Å². The average Bonchev–Trinajstić information content (AvgIpc) is 2.52. The van der Waals surface area contributed by atoms with Gasteiger partial charge in [-0.05, 0) is 14.0 Å². The fourth-order valence-electron chi connectivity index (χ4n) is 1.12. The van der Waals surface area contributed by atoms with Crippen molar-refractivity contribution in [1.82, 2.24) is 9.88 Å². The SMILES string of the molecule is Cc1ncsc1CN(C)CC=CCS. The maximum absolute atomic E-state index is 4.23. The van der Waals surface area contributed by atoms with E-state index < -0.39 is 0 Å². The summed E-state index contributed by atoms with van der Waals surface area (Å²) in [6.45, 7) is 4.01. The number of thiazole rings is 1. The minimum absolute atomic E-state index is 0.813. The Morgan fingerprint density at radius 2 is 2.36 bits per heavy atom. The molecule has 1 heterocycles. The minimum Gasteiger partial charge on any atom is -0.298 e. The van der Waals surface area contributed by atoms with Crippen molar-refractivity contribution in [2.45, 2.75) is 13.5 Å². The number of hydrogen-bond donors (Lipinski definition) is 1. The zero-order valence-electron chi connectivity index (χ0n) is 8.60. The molecule has 1 aromatic rings. The van der Waals surface area contributed by atoms with Crippen molar-refractivity contribution in [2.75, 3.05) is 19.3 Å². The Bertz CT molecular complexity index is 294. The zero-order chi connectivity index (χ0) is 10.4. The van der Waals surface area contributed by atoms with Crippen LogP contribution in [-0.4, -0.2) is 29.2 Å². The van der Waals surface area contributed by atoms with E-state index in [0.29, 0.717) is 0 Å². The predicted molar refractivity (Wildman–Crippen MR) is 66.2 cm³/mol. The Morgan fingerprint density at radius 3 is 2.93 bits per heavy atom. The predicted octanol–water partition coefficient (Wildman–Crippen LogP) is 2.37. The average molecular weight is 228 g/mol. The van der Waals surface area contributed by atoms with Crippen LogP contribution < -0.4 is 0 Å². The molecule has 0 aliphatic rings. The lowest BCUT2D eigenvalue weighted by atomic mass is 10.3. The number of likely N-dealkylation sites (N-methyl/N-ethyl adjacent to an activating group) is 1. The summed E-state index contributed by atoms with van der Waals surface area (Å²) in [6, 6.07) is 0. The number of aromatic nitrogens is 1. The van der Waals surface area contributed by atoms with Crippen LogP contribution in [0.2, 0.25) is 0 Å². The van der Waals surface area contributed by atoms with Gasteiger partial charge in [0.1, 0.15) is 0 Å². The first-order valence-electron chi connectivity index (χ1n) is 4.57. The minimum atomic E-state index is 0.813. The summed E-state index contributed by atoms with van der Waals surface area (Å²) in [5.41, 5.74) is 3.06. The van der Waals surface area contributed by atoms with E-state index in [1.807, 2.05) is 5.51 Å². The van der Waals surface area contributed by atoms with E-state index in [2.05, 4.69) is 48.6 Å². The maximum Gasteiger partial charge on any atom is 0.0798 e. The number of thiol groups is 1. The Kier molecular flexibility index (Phi) is 5.22. The van der Waals surface area contributed by atoms with Crippen LogP contribution in [0.4, 0.5) is 0 Å². The summed E-state index contributed by atoms with van der Waals surface area (Å²) in [7, 11) is 2.11. The fraction of sp³-hybridized carbons (Fsp3) is 0.500. The van der Waals surface area contributed by atoms with Gasteiger partial charge in [-0.15, -0.1) is 11.3 Å². The van der Waals surface area contributed by atoms with Crippen LogP contribution in [0.25, 0.3) is 0 Å². The van der Waals surface area contributed by atoms with Gasteiger partial charge in [0, 0.05) is 23.7 Å². The van der Waals surface area contributed by atoms with Crippen LogP contribution in [0, 0.1) is 6.92 Å². The second-order valence-electron chi connectivity index (χ2n) is 3.21. The highest BCUT2D eigenvalue weighted by Gasteiger charge is 2.03. The molecule has 4 heteroatoms. The summed E-state index contributed by atoms with van der Waals surface area (Å²) in [6.07, 6.45) is 4.21. The van der Waals surface area contributed by atoms with Crippen LogP contribution in [0.5, 0.6) is 0 Å². The fourth-order valence-corrected chi connectivity index (χ4v) is 2.12. The molecule has 1 rings (SSSR count). The highest BCUT2D eigenvalue weighted by atomic mass is 32.1. The van der Waals surface area contributed by atoms with Gasteiger partial charge in [0.05, 0.1) is 11.2 Å². The van der Waals surface area contributed by atoms with E-state index in [9.17, 15) is 0 Å². The van der Waals surface area contributed by atoms with Crippen molar-refractivity contribution in [3.8, 4) is 0 Å². The largest absolute Gasteiger partial charge is 0.298 e. The van der Waals surface area contributed by atoms with Gasteiger partial charge in [-0.25, -0.2) is 4.98 Å². The van der Waals surface area contributed by atoms with Gasteiger partial charge in [0.15, 0.2) is 0 Å². The van der Waals surface area contributed by atoms with Gasteiger partial charge in [-0.2, -0.15) is 12.6 Å². The second-order valence-corrected chi connectivity index (χ2v) is 4.52. The molecule has 0 unspecified atom stereocenters. The van der Waals surface area contributed by atoms with Gasteiger partial charge in [-0.3, -0.25) is 4.90 Å². The van der Waals surface area contributed by atoms with Crippen molar-refractivity contribution in [3.05, 3.63) is 28.2 Å². The van der Waals surface area contributed by atoms with Crippen LogP contribution in [0.1, 0.15) is 10.6 Å². The molecule has 0 atom stereocenters. The molecule has 0 fully saturated rings. The smallest absolute Gasteiger partial charge is 0.0798 e. The lowest BCUT2D eigenvalue weighted by Gasteiger charge is -2.12. The highest BCUT2D eigenvalue weighted by Crippen LogP contribution is 2.13. The molecule has 0 radical (unpaired) electrons. The topological polar surface area (TPSA) is 16.1 Å². The molecule has 0 saturated carbocycles. The number of hydrogen-bond acceptors (Lipinski definition) is 4. The lowest BCUT2D eigenvalue weighted by Crippen LogP contribution is -2.17. The number of rotatable bonds is 5. The van der Waals surface area contributed by atoms with E-state index >= 15 is 0 Å². The monoisotopic (exact) mass is 228 g/mol. The summed E-state index contributed by atoms with van der Waals surface area (Å²) >= 11 is 5.84. The first-order chi connectivity index (χ1) is 6.74. The molecule has 0 aliphatic heterocycles. The molecule has 0 bridgehead atoms. The van der Waals surface area contributed by atoms with Crippen LogP contribution in [-0.2, 0) is 6.54 Å². The second kappa shape index (κ2) is 6.22. The third-order valence-corrected chi connectivity index (χ3v) is 3.08. The van der Waals surface area contributed by atoms with Crippen molar-refractivity contribution < 1.29 is 0 Å². The molecule has 78 valence electrons. The first-order valence-corrected chi connectivity index (χ1v) is 6.08. The summed E-state index contributed by atoms with van der Waals surface area (Å²) < 4.78 is 0. The van der Waals surface area contributed by atoms with Gasteiger partial charge in [-0.1, -0.05) is 12.2 Å². The number of nitrogens with zero attached hydrogens (tertiary/aromatic N) is 2. The lowest BCUT2D eigenvalue weighted by molar-refractivity contribution is 0.365. The van der Waals surface area contributed by atoms with Crippen LogP contribution in [0.3, 0.4) is 0 Å². The summed E-state index contributed by atoms with van der Waals surface area (Å²) in [5.74, 6) is 0.813. The van der Waals surface area contributed by atoms with Crippen LogP contribution in [0.15, 0.2) is 17.7 Å². The van der Waals surface area contributed by atoms with Crippen molar-refractivity contribution in [1.29, 1.82) is 0 Å². The molecular formula is C10H16N2S2. The molecule has 0 spiro atoms. The summed E-state index contributed by atoms with van der Waals surface area (Å²) in [4.78, 5) is 7.85. The molecule has 0 amide bonds. The molecule has 2 nitrogen and oxygen atoms in total. The summed E-state index contributed by atoms with van der Waals surface area (Å²) in [5, 5.41) is 0. The highest BCUT2D eigenvalue weighted by molar-refractivity contribution is 7.80. The van der Waals surface area contributed by atoms with Gasteiger partial charge in [0.25, 0.3) is 0 Å². The van der Waals surface area contributed by atoms with Crippen molar-refractivity contribution in [3.63, 3.8) is 0 Å². The Balaban J connectivity index is 2.37. The normalized spacial score (nSPS) is 11.7. The van der Waals surface area contributed by atoms with Gasteiger partial charge < -0.3 is 0 Å². The molecule has 1 aromatic heterocycles. The van der Waals surface area contributed by atoms with Crippen molar-refractivity contribution in [2.24, 2.45) is 0 Å². The maximum atomic E-state index is 4.23.